The van der Waals surface area contributed by atoms with Crippen molar-refractivity contribution in [1.29, 1.82) is 0 Å². The molecule has 6 heteroatoms. The van der Waals surface area contributed by atoms with Crippen LogP contribution in [0.2, 0.25) is 0 Å². The molecule has 162 valence electrons. The van der Waals surface area contributed by atoms with E-state index in [0.29, 0.717) is 4.91 Å². The monoisotopic (exact) mass is 435 g/mol. The highest BCUT2D eigenvalue weighted by molar-refractivity contribution is 8.18. The Balaban J connectivity index is 1.34. The molecule has 0 atom stereocenters. The zero-order valence-corrected chi connectivity index (χ0v) is 19.0. The smallest absolute Gasteiger partial charge is 0.286 e. The van der Waals surface area contributed by atoms with Gasteiger partial charge in [-0.05, 0) is 60.5 Å². The van der Waals surface area contributed by atoms with Gasteiger partial charge >= 0.3 is 0 Å². The van der Waals surface area contributed by atoms with Crippen LogP contribution in [0.4, 0.5) is 5.69 Å². The lowest BCUT2D eigenvalue weighted by atomic mass is 10.1. The van der Waals surface area contributed by atoms with Crippen LogP contribution in [0.5, 0.6) is 5.75 Å². The van der Waals surface area contributed by atoms with Crippen molar-refractivity contribution in [1.82, 2.24) is 4.90 Å². The van der Waals surface area contributed by atoms with E-state index in [1.54, 1.807) is 0 Å². The third-order valence-corrected chi connectivity index (χ3v) is 6.60. The predicted octanol–water partition coefficient (Wildman–Crippen LogP) is 4.97. The second-order valence-corrected chi connectivity index (χ2v) is 8.85. The van der Waals surface area contributed by atoms with Crippen LogP contribution in [0.3, 0.4) is 0 Å². The highest BCUT2D eigenvalue weighted by Crippen LogP contribution is 2.31. The Morgan fingerprint density at radius 3 is 2.45 bits per heavy atom. The molecular weight excluding hydrogens is 406 g/mol. The first-order valence-corrected chi connectivity index (χ1v) is 11.8. The van der Waals surface area contributed by atoms with E-state index < -0.39 is 0 Å². The third kappa shape index (κ3) is 5.31. The molecule has 2 aromatic rings. The van der Waals surface area contributed by atoms with Crippen LogP contribution in [0.15, 0.2) is 58.4 Å². The number of anilines is 1. The summed E-state index contributed by atoms with van der Waals surface area (Å²) < 4.78 is 5.71. The zero-order valence-electron chi connectivity index (χ0n) is 18.2. The first kappa shape index (κ1) is 21.5. The van der Waals surface area contributed by atoms with Gasteiger partial charge < -0.3 is 14.5 Å². The Morgan fingerprint density at radius 1 is 1.03 bits per heavy atom. The van der Waals surface area contributed by atoms with Gasteiger partial charge in [0.2, 0.25) is 0 Å². The number of nitrogens with zero attached hydrogens (tertiary/aromatic N) is 3. The van der Waals surface area contributed by atoms with Crippen molar-refractivity contribution in [2.75, 3.05) is 37.7 Å². The van der Waals surface area contributed by atoms with Crippen LogP contribution in [-0.2, 0) is 4.79 Å². The summed E-state index contributed by atoms with van der Waals surface area (Å²) in [5.74, 6) is 0.717. The van der Waals surface area contributed by atoms with Gasteiger partial charge in [-0.1, -0.05) is 43.7 Å². The summed E-state index contributed by atoms with van der Waals surface area (Å²) in [7, 11) is 0. The Bertz CT molecular complexity index is 977. The normalized spacial score (nSPS) is 17.9. The molecule has 31 heavy (non-hydrogen) atoms. The van der Waals surface area contributed by atoms with Crippen molar-refractivity contribution in [3.63, 3.8) is 0 Å². The minimum Gasteiger partial charge on any atom is -0.494 e. The maximum atomic E-state index is 12.5. The van der Waals surface area contributed by atoms with Crippen molar-refractivity contribution < 1.29 is 9.53 Å². The van der Waals surface area contributed by atoms with Crippen LogP contribution < -0.4 is 9.64 Å². The van der Waals surface area contributed by atoms with E-state index in [1.807, 2.05) is 30.3 Å². The molecule has 0 radical (unpaired) electrons. The lowest BCUT2D eigenvalue weighted by Gasteiger charge is -2.37. The molecule has 0 unspecified atom stereocenters. The summed E-state index contributed by atoms with van der Waals surface area (Å²) in [6.45, 7) is 8.62. The molecule has 2 heterocycles. The number of para-hydroxylation sites is 1. The first-order chi connectivity index (χ1) is 15.1. The quantitative estimate of drug-likeness (QED) is 0.474. The highest BCUT2D eigenvalue weighted by Gasteiger charge is 2.28. The topological polar surface area (TPSA) is 45.1 Å². The molecule has 4 rings (SSSR count). The van der Waals surface area contributed by atoms with Gasteiger partial charge in [-0.2, -0.15) is 4.99 Å². The second kappa shape index (κ2) is 10.1. The number of piperazine rings is 1. The van der Waals surface area contributed by atoms with E-state index in [9.17, 15) is 4.79 Å². The molecular formula is C25H29N3O2S. The number of unbranched alkanes of at least 4 members (excludes halogenated alkanes) is 1. The van der Waals surface area contributed by atoms with Gasteiger partial charge in [0.05, 0.1) is 11.5 Å². The van der Waals surface area contributed by atoms with E-state index in [0.717, 1.165) is 62.1 Å². The second-order valence-electron chi connectivity index (χ2n) is 7.84. The van der Waals surface area contributed by atoms with E-state index in [2.05, 4.69) is 52.9 Å². The number of carbonyl (C=O) groups excluding carboxylic acids is 1. The number of thioether (sulfide) groups is 1. The van der Waals surface area contributed by atoms with Gasteiger partial charge in [-0.3, -0.25) is 4.79 Å². The molecule has 2 aliphatic rings. The zero-order chi connectivity index (χ0) is 21.6. The molecule has 0 aromatic heterocycles. The van der Waals surface area contributed by atoms with Crippen LogP contribution in [0.1, 0.15) is 30.9 Å². The largest absolute Gasteiger partial charge is 0.494 e. The summed E-state index contributed by atoms with van der Waals surface area (Å²) in [5, 5.41) is 0.820. The maximum Gasteiger partial charge on any atom is 0.286 e. The molecule has 1 fully saturated rings. The van der Waals surface area contributed by atoms with Gasteiger partial charge in [0, 0.05) is 31.9 Å². The molecule has 1 amide bonds. The van der Waals surface area contributed by atoms with Crippen LogP contribution >= 0.6 is 11.8 Å². The van der Waals surface area contributed by atoms with E-state index in [1.165, 1.54) is 23.0 Å². The molecule has 2 aromatic carbocycles. The first-order valence-electron chi connectivity index (χ1n) is 10.9. The summed E-state index contributed by atoms with van der Waals surface area (Å²) in [6.07, 6.45) is 4.09. The van der Waals surface area contributed by atoms with E-state index in [-0.39, 0.29) is 5.91 Å². The minimum atomic E-state index is -0.149. The summed E-state index contributed by atoms with van der Waals surface area (Å²) >= 11 is 1.48. The number of aryl methyl sites for hydroxylation is 1. The van der Waals surface area contributed by atoms with Crippen molar-refractivity contribution in [2.24, 2.45) is 4.99 Å². The van der Waals surface area contributed by atoms with Crippen LogP contribution in [-0.4, -0.2) is 48.8 Å². The third-order valence-electron chi connectivity index (χ3n) is 5.56. The SMILES string of the molecule is CCCCOc1ccc(C=C2SC(N3CCN(c4ccccc4C)CC3)=NC2=O)cc1. The average molecular weight is 436 g/mol. The average Bonchev–Trinajstić information content (AvgIpc) is 3.16. The number of rotatable bonds is 6. The molecule has 0 N–H and O–H groups in total. The molecule has 0 spiro atoms. The Kier molecular flexibility index (Phi) is 6.97. The molecule has 0 aliphatic carbocycles. The van der Waals surface area contributed by atoms with Gasteiger partial charge in [0.1, 0.15) is 5.75 Å². The fourth-order valence-electron chi connectivity index (χ4n) is 3.74. The van der Waals surface area contributed by atoms with Gasteiger partial charge in [-0.15, -0.1) is 0 Å². The standard InChI is InChI=1S/C25H29N3O2S/c1-3-4-17-30-21-11-9-20(10-12-21)18-23-24(29)26-25(31-23)28-15-13-27(14-16-28)22-8-6-5-7-19(22)2/h5-12,18H,3-4,13-17H2,1-2H3. The van der Waals surface area contributed by atoms with Gasteiger partial charge in [0.25, 0.3) is 5.91 Å². The fraction of sp³-hybridized carbons (Fsp3) is 0.360. The lowest BCUT2D eigenvalue weighted by molar-refractivity contribution is -0.113. The number of hydrogen-bond acceptors (Lipinski definition) is 5. The van der Waals surface area contributed by atoms with Crippen molar-refractivity contribution in [3.8, 4) is 5.75 Å². The fourth-order valence-corrected chi connectivity index (χ4v) is 4.70. The van der Waals surface area contributed by atoms with E-state index in [4.69, 9.17) is 4.74 Å². The molecule has 5 nitrogen and oxygen atoms in total. The summed E-state index contributed by atoms with van der Waals surface area (Å²) in [4.78, 5) is 22.1. The predicted molar refractivity (Wildman–Crippen MR) is 130 cm³/mol. The number of amidine groups is 1. The van der Waals surface area contributed by atoms with Crippen molar-refractivity contribution in [2.45, 2.75) is 26.7 Å². The minimum absolute atomic E-state index is 0.149. The number of amides is 1. The summed E-state index contributed by atoms with van der Waals surface area (Å²) in [6, 6.07) is 16.4. The van der Waals surface area contributed by atoms with Crippen LogP contribution in [0.25, 0.3) is 6.08 Å². The highest BCUT2D eigenvalue weighted by atomic mass is 32.2. The van der Waals surface area contributed by atoms with E-state index >= 15 is 0 Å². The Labute approximate surface area is 188 Å². The number of benzene rings is 2. The molecule has 1 saturated heterocycles. The summed E-state index contributed by atoms with van der Waals surface area (Å²) in [5.41, 5.74) is 3.58. The number of aliphatic imine (C=N–C) groups is 1. The molecule has 2 aliphatic heterocycles. The van der Waals surface area contributed by atoms with Crippen molar-refractivity contribution in [3.05, 3.63) is 64.6 Å². The van der Waals surface area contributed by atoms with Crippen LogP contribution in [0, 0.1) is 6.92 Å². The number of ether oxygens (including phenoxy) is 1. The van der Waals surface area contributed by atoms with Gasteiger partial charge in [-0.25, -0.2) is 0 Å². The van der Waals surface area contributed by atoms with Crippen molar-refractivity contribution >= 4 is 34.6 Å². The Hall–Kier alpha value is -2.73. The molecule has 0 saturated carbocycles. The van der Waals surface area contributed by atoms with Gasteiger partial charge in [0.15, 0.2) is 5.17 Å². The molecule has 0 bridgehead atoms. The number of hydrogen-bond donors (Lipinski definition) is 0. The Morgan fingerprint density at radius 2 is 1.74 bits per heavy atom. The number of carbonyl (C=O) groups is 1. The lowest BCUT2D eigenvalue weighted by Crippen LogP contribution is -2.48. The maximum absolute atomic E-state index is 12.5.